The van der Waals surface area contributed by atoms with Crippen molar-refractivity contribution < 1.29 is 0 Å². The maximum absolute atomic E-state index is 4.52. The largest absolute Gasteiger partial charge is 0.311 e. The molecule has 0 aliphatic rings. The van der Waals surface area contributed by atoms with Crippen LogP contribution in [0.15, 0.2) is 34.7 Å². The average Bonchev–Trinajstić information content (AvgIpc) is 2.80. The zero-order valence-electron chi connectivity index (χ0n) is 10.8. The Balaban J connectivity index is 1.68. The summed E-state index contributed by atoms with van der Waals surface area (Å²) in [5, 5.41) is 6.70. The van der Waals surface area contributed by atoms with Crippen molar-refractivity contribution in [3.05, 3.63) is 45.8 Å². The van der Waals surface area contributed by atoms with Crippen LogP contribution in [0.3, 0.4) is 0 Å². The number of rotatable bonds is 6. The summed E-state index contributed by atoms with van der Waals surface area (Å²) in [6, 6.07) is 8.52. The highest BCUT2D eigenvalue weighted by molar-refractivity contribution is 7.99. The molecular formula is C14H18N2S2. The van der Waals surface area contributed by atoms with Crippen molar-refractivity contribution in [3.8, 4) is 0 Å². The number of thioether (sulfide) groups is 1. The lowest BCUT2D eigenvalue weighted by Gasteiger charge is -2.05. The minimum absolute atomic E-state index is 0.971. The molecule has 0 spiro atoms. The van der Waals surface area contributed by atoms with Gasteiger partial charge in [0.25, 0.3) is 0 Å². The monoisotopic (exact) mass is 278 g/mol. The third kappa shape index (κ3) is 4.44. The molecule has 0 aliphatic heterocycles. The molecule has 0 radical (unpaired) electrons. The first-order valence-corrected chi connectivity index (χ1v) is 7.92. The normalized spacial score (nSPS) is 10.8. The fraction of sp³-hybridized carbons (Fsp3) is 0.357. The second-order valence-corrected chi connectivity index (χ2v) is 6.38. The van der Waals surface area contributed by atoms with Gasteiger partial charge in [-0.25, -0.2) is 4.98 Å². The quantitative estimate of drug-likeness (QED) is 0.645. The summed E-state index contributed by atoms with van der Waals surface area (Å²) in [5.41, 5.74) is 2.39. The molecule has 0 atom stereocenters. The molecule has 0 unspecified atom stereocenters. The van der Waals surface area contributed by atoms with Gasteiger partial charge < -0.3 is 5.32 Å². The van der Waals surface area contributed by atoms with E-state index in [2.05, 4.69) is 46.9 Å². The highest BCUT2D eigenvalue weighted by Gasteiger charge is 1.99. The van der Waals surface area contributed by atoms with Crippen LogP contribution >= 0.6 is 23.1 Å². The van der Waals surface area contributed by atoms with Crippen molar-refractivity contribution in [3.63, 3.8) is 0 Å². The highest BCUT2D eigenvalue weighted by Crippen LogP contribution is 2.17. The SMILES string of the molecule is Cc1cc(C)nc(SCCNCc2cccs2)c1. The number of pyridine rings is 1. The molecular weight excluding hydrogens is 260 g/mol. The Hall–Kier alpha value is -0.840. The molecule has 18 heavy (non-hydrogen) atoms. The van der Waals surface area contributed by atoms with Crippen LogP contribution < -0.4 is 5.32 Å². The number of hydrogen-bond acceptors (Lipinski definition) is 4. The van der Waals surface area contributed by atoms with Crippen LogP contribution in [0.5, 0.6) is 0 Å². The molecule has 0 aromatic carbocycles. The van der Waals surface area contributed by atoms with E-state index >= 15 is 0 Å². The van der Waals surface area contributed by atoms with Crippen LogP contribution in [0.2, 0.25) is 0 Å². The molecule has 0 bridgehead atoms. The van der Waals surface area contributed by atoms with E-state index in [4.69, 9.17) is 0 Å². The number of aryl methyl sites for hydroxylation is 2. The van der Waals surface area contributed by atoms with E-state index in [1.165, 1.54) is 10.4 Å². The standard InChI is InChI=1S/C14H18N2S2/c1-11-8-12(2)16-14(9-11)18-7-5-15-10-13-4-3-6-17-13/h3-4,6,8-9,15H,5,7,10H2,1-2H3. The van der Waals surface area contributed by atoms with Crippen LogP contribution in [-0.2, 0) is 6.54 Å². The number of hydrogen-bond donors (Lipinski definition) is 1. The van der Waals surface area contributed by atoms with E-state index in [1.54, 1.807) is 11.3 Å². The summed E-state index contributed by atoms with van der Waals surface area (Å²) < 4.78 is 0. The minimum atomic E-state index is 0.971. The Morgan fingerprint density at radius 3 is 2.94 bits per heavy atom. The maximum Gasteiger partial charge on any atom is 0.0966 e. The Bertz CT molecular complexity index is 460. The summed E-state index contributed by atoms with van der Waals surface area (Å²) in [4.78, 5) is 5.91. The van der Waals surface area contributed by atoms with Gasteiger partial charge in [0.1, 0.15) is 0 Å². The summed E-state index contributed by atoms with van der Waals surface area (Å²) >= 11 is 3.62. The maximum atomic E-state index is 4.52. The van der Waals surface area contributed by atoms with Gasteiger partial charge in [-0.3, -0.25) is 0 Å². The van der Waals surface area contributed by atoms with Crippen LogP contribution in [0.25, 0.3) is 0 Å². The van der Waals surface area contributed by atoms with E-state index < -0.39 is 0 Å². The molecule has 0 saturated heterocycles. The van der Waals surface area contributed by atoms with Gasteiger partial charge in [-0.15, -0.1) is 23.1 Å². The van der Waals surface area contributed by atoms with E-state index in [0.29, 0.717) is 0 Å². The zero-order valence-corrected chi connectivity index (χ0v) is 12.4. The van der Waals surface area contributed by atoms with Crippen molar-refractivity contribution in [2.24, 2.45) is 0 Å². The van der Waals surface area contributed by atoms with Crippen molar-refractivity contribution in [2.45, 2.75) is 25.4 Å². The average molecular weight is 278 g/mol. The minimum Gasteiger partial charge on any atom is -0.311 e. The Labute approximate surface area is 117 Å². The third-order valence-electron chi connectivity index (χ3n) is 2.48. The van der Waals surface area contributed by atoms with Crippen molar-refractivity contribution in [1.29, 1.82) is 0 Å². The predicted octanol–water partition coefficient (Wildman–Crippen LogP) is 3.64. The fourth-order valence-electron chi connectivity index (χ4n) is 1.73. The lowest BCUT2D eigenvalue weighted by molar-refractivity contribution is 0.740. The molecule has 1 N–H and O–H groups in total. The van der Waals surface area contributed by atoms with Crippen LogP contribution in [-0.4, -0.2) is 17.3 Å². The summed E-state index contributed by atoms with van der Waals surface area (Å²) in [6.45, 7) is 6.15. The van der Waals surface area contributed by atoms with Gasteiger partial charge in [0.05, 0.1) is 5.03 Å². The zero-order chi connectivity index (χ0) is 12.8. The third-order valence-corrected chi connectivity index (χ3v) is 4.27. The number of thiophene rings is 1. The van der Waals surface area contributed by atoms with E-state index in [-0.39, 0.29) is 0 Å². The molecule has 96 valence electrons. The number of aromatic nitrogens is 1. The van der Waals surface area contributed by atoms with Crippen LogP contribution in [0.1, 0.15) is 16.1 Å². The lowest BCUT2D eigenvalue weighted by atomic mass is 10.3. The van der Waals surface area contributed by atoms with Crippen molar-refractivity contribution in [1.82, 2.24) is 10.3 Å². The van der Waals surface area contributed by atoms with Crippen LogP contribution in [0.4, 0.5) is 0 Å². The summed E-state index contributed by atoms with van der Waals surface area (Å²) in [6.07, 6.45) is 0. The molecule has 0 aliphatic carbocycles. The van der Waals surface area contributed by atoms with E-state index in [9.17, 15) is 0 Å². The molecule has 2 nitrogen and oxygen atoms in total. The van der Waals surface area contributed by atoms with Gasteiger partial charge in [-0.1, -0.05) is 6.07 Å². The Morgan fingerprint density at radius 2 is 2.22 bits per heavy atom. The lowest BCUT2D eigenvalue weighted by Crippen LogP contribution is -2.15. The molecule has 0 fully saturated rings. The summed E-state index contributed by atoms with van der Waals surface area (Å²) in [7, 11) is 0. The molecule has 0 saturated carbocycles. The second-order valence-electron chi connectivity index (χ2n) is 4.23. The molecule has 0 amide bonds. The van der Waals surface area contributed by atoms with E-state index in [0.717, 1.165) is 29.6 Å². The molecule has 2 rings (SSSR count). The predicted molar refractivity (Wildman–Crippen MR) is 80.5 cm³/mol. The topological polar surface area (TPSA) is 24.9 Å². The molecule has 2 heterocycles. The second kappa shape index (κ2) is 6.92. The highest BCUT2D eigenvalue weighted by atomic mass is 32.2. The van der Waals surface area contributed by atoms with Gasteiger partial charge in [-0.05, 0) is 43.0 Å². The Morgan fingerprint density at radius 1 is 1.33 bits per heavy atom. The van der Waals surface area contributed by atoms with Gasteiger partial charge >= 0.3 is 0 Å². The smallest absolute Gasteiger partial charge is 0.0966 e. The van der Waals surface area contributed by atoms with Crippen molar-refractivity contribution >= 4 is 23.1 Å². The summed E-state index contributed by atoms with van der Waals surface area (Å²) in [5.74, 6) is 1.06. The number of nitrogens with one attached hydrogen (secondary N) is 1. The fourth-order valence-corrected chi connectivity index (χ4v) is 3.34. The van der Waals surface area contributed by atoms with Gasteiger partial charge in [0.15, 0.2) is 0 Å². The molecule has 4 heteroatoms. The van der Waals surface area contributed by atoms with Crippen molar-refractivity contribution in [2.75, 3.05) is 12.3 Å². The molecule has 2 aromatic heterocycles. The Kier molecular flexibility index (Phi) is 5.23. The van der Waals surface area contributed by atoms with Gasteiger partial charge in [0.2, 0.25) is 0 Å². The van der Waals surface area contributed by atoms with Gasteiger partial charge in [0, 0.05) is 29.4 Å². The van der Waals surface area contributed by atoms with Gasteiger partial charge in [-0.2, -0.15) is 0 Å². The number of nitrogens with zero attached hydrogens (tertiary/aromatic N) is 1. The first-order chi connectivity index (χ1) is 8.74. The molecule has 2 aromatic rings. The van der Waals surface area contributed by atoms with Crippen LogP contribution in [0, 0.1) is 13.8 Å². The first kappa shape index (κ1) is 13.6. The first-order valence-electron chi connectivity index (χ1n) is 6.05. The van der Waals surface area contributed by atoms with E-state index in [1.807, 2.05) is 18.7 Å².